The fraction of sp³-hybridized carbons (Fsp3) is 0.0952. The molecule has 0 radical (unpaired) electrons. The van der Waals surface area contributed by atoms with Crippen LogP contribution in [0.1, 0.15) is 15.9 Å². The molecule has 0 atom stereocenters. The molecule has 12 heteroatoms. The number of amides is 1. The van der Waals surface area contributed by atoms with Crippen LogP contribution in [0.2, 0.25) is 5.02 Å². The third kappa shape index (κ3) is 4.69. The first kappa shape index (κ1) is 22.7. The third-order valence-electron chi connectivity index (χ3n) is 4.80. The smallest absolute Gasteiger partial charge is 0.505 e. The number of anilines is 1. The van der Waals surface area contributed by atoms with Gasteiger partial charge < -0.3 is 15.2 Å². The number of phenols is 1. The average molecular weight is 499 g/mol. The molecule has 172 valence electrons. The number of alkyl halides is 3. The van der Waals surface area contributed by atoms with Gasteiger partial charge in [-0.15, -0.1) is 13.2 Å². The Morgan fingerprint density at radius 2 is 1.76 bits per heavy atom. The standard InChI is InChI=1S/C21H14ClF3N2O5S/c22-15-7-13-9-18(19(15)28)33(30,31)27-16-8-11(5-6-17(16)32-21(23,24)25)14-4-2-1-3-12(14)10-26-20(13)29/h1-9,27-28H,10H2,(H,26,29). The minimum atomic E-state index is -5.09. The highest BCUT2D eigenvalue weighted by Crippen LogP contribution is 2.39. The maximum atomic E-state index is 13.0. The van der Waals surface area contributed by atoms with Crippen LogP contribution in [0.3, 0.4) is 0 Å². The molecule has 0 spiro atoms. The fourth-order valence-electron chi connectivity index (χ4n) is 3.33. The van der Waals surface area contributed by atoms with E-state index in [0.717, 1.165) is 18.2 Å². The zero-order chi connectivity index (χ0) is 24.0. The van der Waals surface area contributed by atoms with Gasteiger partial charge in [0, 0.05) is 12.1 Å². The predicted octanol–water partition coefficient (Wildman–Crippen LogP) is 4.66. The first-order valence-corrected chi connectivity index (χ1v) is 11.1. The van der Waals surface area contributed by atoms with Gasteiger partial charge in [0.05, 0.1) is 10.7 Å². The number of halogens is 4. The lowest BCUT2D eigenvalue weighted by atomic mass is 9.99. The molecule has 3 aromatic rings. The molecule has 0 unspecified atom stereocenters. The van der Waals surface area contributed by atoms with E-state index in [0.29, 0.717) is 16.7 Å². The van der Waals surface area contributed by atoms with E-state index >= 15 is 0 Å². The van der Waals surface area contributed by atoms with Crippen molar-refractivity contribution < 1.29 is 36.2 Å². The first-order valence-electron chi connectivity index (χ1n) is 9.26. The number of aromatic hydroxyl groups is 1. The maximum Gasteiger partial charge on any atom is 0.573 e. The summed E-state index contributed by atoms with van der Waals surface area (Å²) in [5.41, 5.74) is 0.824. The molecule has 3 aromatic carbocycles. The molecular weight excluding hydrogens is 485 g/mol. The Labute approximate surface area is 190 Å². The third-order valence-corrected chi connectivity index (χ3v) is 6.46. The molecule has 4 bridgehead atoms. The molecule has 0 saturated carbocycles. The monoisotopic (exact) mass is 498 g/mol. The molecule has 1 heterocycles. The number of ether oxygens (including phenoxy) is 1. The van der Waals surface area contributed by atoms with Crippen LogP contribution in [0.25, 0.3) is 11.1 Å². The minimum Gasteiger partial charge on any atom is -0.505 e. The topological polar surface area (TPSA) is 105 Å². The summed E-state index contributed by atoms with van der Waals surface area (Å²) in [7, 11) is -4.70. The van der Waals surface area contributed by atoms with E-state index in [1.54, 1.807) is 24.3 Å². The molecule has 33 heavy (non-hydrogen) atoms. The van der Waals surface area contributed by atoms with E-state index in [1.807, 2.05) is 4.72 Å². The average Bonchev–Trinajstić information content (AvgIpc) is 2.73. The van der Waals surface area contributed by atoms with Crippen molar-refractivity contribution in [3.63, 3.8) is 0 Å². The largest absolute Gasteiger partial charge is 0.573 e. The fourth-order valence-corrected chi connectivity index (χ4v) is 4.82. The number of phenolic OH excluding ortho intramolecular Hbond substituents is 1. The van der Waals surface area contributed by atoms with E-state index in [1.165, 1.54) is 12.1 Å². The number of carbonyl (C=O) groups is 1. The second-order valence-corrected chi connectivity index (χ2v) is 9.07. The Hall–Kier alpha value is -3.44. The van der Waals surface area contributed by atoms with Crippen molar-refractivity contribution in [3.8, 4) is 22.6 Å². The van der Waals surface area contributed by atoms with Gasteiger partial charge in [-0.2, -0.15) is 0 Å². The van der Waals surface area contributed by atoms with E-state index in [-0.39, 0.29) is 12.1 Å². The SMILES string of the molecule is O=C1NCc2ccccc2-c2ccc(OC(F)(F)F)c(c2)NS(=O)(=O)c2cc1cc(Cl)c2O. The zero-order valence-corrected chi connectivity index (χ0v) is 18.0. The molecule has 1 aliphatic heterocycles. The van der Waals surface area contributed by atoms with Crippen molar-refractivity contribution in [3.05, 3.63) is 70.7 Å². The minimum absolute atomic E-state index is 0.0269. The zero-order valence-electron chi connectivity index (χ0n) is 16.4. The number of benzene rings is 3. The maximum absolute atomic E-state index is 13.0. The highest BCUT2D eigenvalue weighted by atomic mass is 35.5. The van der Waals surface area contributed by atoms with Crippen LogP contribution in [0.4, 0.5) is 18.9 Å². The Bertz CT molecular complexity index is 1380. The van der Waals surface area contributed by atoms with Gasteiger partial charge in [-0.05, 0) is 41.0 Å². The number of hydrogen-bond acceptors (Lipinski definition) is 5. The Morgan fingerprint density at radius 3 is 2.48 bits per heavy atom. The van der Waals surface area contributed by atoms with Gasteiger partial charge in [0.25, 0.3) is 15.9 Å². The van der Waals surface area contributed by atoms with Crippen molar-refractivity contribution in [2.45, 2.75) is 17.8 Å². The van der Waals surface area contributed by atoms with Crippen LogP contribution in [0.15, 0.2) is 59.5 Å². The Morgan fingerprint density at radius 1 is 1.03 bits per heavy atom. The second-order valence-electron chi connectivity index (χ2n) is 7.01. The lowest BCUT2D eigenvalue weighted by Crippen LogP contribution is -2.23. The van der Waals surface area contributed by atoms with Crippen LogP contribution < -0.4 is 14.8 Å². The van der Waals surface area contributed by atoms with E-state index in [4.69, 9.17) is 11.6 Å². The number of carbonyl (C=O) groups excluding carboxylic acids is 1. The van der Waals surface area contributed by atoms with Gasteiger partial charge >= 0.3 is 6.36 Å². The molecule has 1 amide bonds. The van der Waals surface area contributed by atoms with E-state index < -0.39 is 49.4 Å². The molecular formula is C21H14ClF3N2O5S. The summed E-state index contributed by atoms with van der Waals surface area (Å²) in [5.74, 6) is -2.35. The second kappa shape index (κ2) is 8.16. The molecule has 7 nitrogen and oxygen atoms in total. The summed E-state index contributed by atoms with van der Waals surface area (Å²) < 4.78 is 70.8. The molecule has 0 aliphatic carbocycles. The van der Waals surface area contributed by atoms with Crippen molar-refractivity contribution >= 4 is 33.2 Å². The summed E-state index contributed by atoms with van der Waals surface area (Å²) >= 11 is 5.92. The summed E-state index contributed by atoms with van der Waals surface area (Å²) in [4.78, 5) is 11.9. The van der Waals surface area contributed by atoms with Gasteiger partial charge in [-0.3, -0.25) is 9.52 Å². The van der Waals surface area contributed by atoms with Crippen LogP contribution in [0.5, 0.6) is 11.5 Å². The number of fused-ring (bicyclic) bond motifs is 6. The number of nitrogens with one attached hydrogen (secondary N) is 2. The van der Waals surface area contributed by atoms with Crippen molar-refractivity contribution in [2.75, 3.05) is 4.72 Å². The van der Waals surface area contributed by atoms with Gasteiger partial charge in [-0.25, -0.2) is 8.42 Å². The van der Waals surface area contributed by atoms with E-state index in [2.05, 4.69) is 10.1 Å². The van der Waals surface area contributed by atoms with Crippen LogP contribution in [-0.2, 0) is 16.6 Å². The predicted molar refractivity (Wildman–Crippen MR) is 114 cm³/mol. The Kier molecular flexibility index (Phi) is 5.62. The van der Waals surface area contributed by atoms with Crippen molar-refractivity contribution in [1.82, 2.24) is 5.32 Å². The van der Waals surface area contributed by atoms with Crippen LogP contribution >= 0.6 is 11.6 Å². The number of sulfonamides is 1. The van der Waals surface area contributed by atoms with Gasteiger partial charge in [-0.1, -0.05) is 41.9 Å². The summed E-state index contributed by atoms with van der Waals surface area (Å²) in [6.07, 6.45) is -5.09. The van der Waals surface area contributed by atoms with Crippen LogP contribution in [-0.4, -0.2) is 25.8 Å². The first-order chi connectivity index (χ1) is 15.4. The molecule has 0 fully saturated rings. The number of hydrogen-bond donors (Lipinski definition) is 3. The highest BCUT2D eigenvalue weighted by molar-refractivity contribution is 7.92. The number of rotatable bonds is 1. The molecule has 4 rings (SSSR count). The molecule has 0 saturated heterocycles. The Balaban J connectivity index is 1.98. The van der Waals surface area contributed by atoms with Crippen LogP contribution in [0, 0.1) is 0 Å². The van der Waals surface area contributed by atoms with Crippen molar-refractivity contribution in [2.24, 2.45) is 0 Å². The quantitative estimate of drug-likeness (QED) is 0.453. The summed E-state index contributed by atoms with van der Waals surface area (Å²) in [6, 6.07) is 12.2. The summed E-state index contributed by atoms with van der Waals surface area (Å²) in [5, 5.41) is 12.4. The molecule has 0 aromatic heterocycles. The van der Waals surface area contributed by atoms with Gasteiger partial charge in [0.2, 0.25) is 0 Å². The summed E-state index contributed by atoms with van der Waals surface area (Å²) in [6.45, 7) is 0.0269. The molecule has 1 aliphatic rings. The van der Waals surface area contributed by atoms with Crippen molar-refractivity contribution in [1.29, 1.82) is 0 Å². The highest BCUT2D eigenvalue weighted by Gasteiger charge is 2.33. The lowest BCUT2D eigenvalue weighted by molar-refractivity contribution is -0.274. The van der Waals surface area contributed by atoms with Gasteiger partial charge in [0.15, 0.2) is 11.5 Å². The van der Waals surface area contributed by atoms with E-state index in [9.17, 15) is 31.5 Å². The lowest BCUT2D eigenvalue weighted by Gasteiger charge is -2.17. The molecule has 3 N–H and O–H groups in total. The normalized spacial score (nSPS) is 15.1. The van der Waals surface area contributed by atoms with Gasteiger partial charge in [0.1, 0.15) is 4.90 Å².